The number of amides is 1. The molecule has 0 aliphatic carbocycles. The van der Waals surface area contributed by atoms with Crippen molar-refractivity contribution in [3.8, 4) is 0 Å². The van der Waals surface area contributed by atoms with E-state index in [9.17, 15) is 4.79 Å². The molecule has 0 radical (unpaired) electrons. The number of halogens is 1. The molecule has 0 aromatic heterocycles. The number of fused-ring (bicyclic) bond motifs is 1. The van der Waals surface area contributed by atoms with Crippen molar-refractivity contribution < 1.29 is 4.79 Å². The summed E-state index contributed by atoms with van der Waals surface area (Å²) in [5.74, 6) is 0.119. The summed E-state index contributed by atoms with van der Waals surface area (Å²) >= 11 is 0. The van der Waals surface area contributed by atoms with Crippen molar-refractivity contribution in [2.45, 2.75) is 45.3 Å². The van der Waals surface area contributed by atoms with E-state index < -0.39 is 0 Å². The van der Waals surface area contributed by atoms with E-state index in [1.807, 2.05) is 19.1 Å². The van der Waals surface area contributed by atoms with Crippen LogP contribution >= 0.6 is 12.4 Å². The van der Waals surface area contributed by atoms with Gasteiger partial charge in [0.25, 0.3) is 0 Å². The summed E-state index contributed by atoms with van der Waals surface area (Å²) in [6.07, 6.45) is 1.76. The van der Waals surface area contributed by atoms with Gasteiger partial charge in [-0.2, -0.15) is 0 Å². The van der Waals surface area contributed by atoms with E-state index in [0.717, 1.165) is 19.4 Å². The molecule has 100 valence electrons. The number of hydrogen-bond donors (Lipinski definition) is 2. The molecule has 18 heavy (non-hydrogen) atoms. The number of hydrogen-bond acceptors (Lipinski definition) is 2. The van der Waals surface area contributed by atoms with Gasteiger partial charge in [-0.25, -0.2) is 0 Å². The first-order valence-corrected chi connectivity index (χ1v) is 6.31. The second kappa shape index (κ2) is 6.76. The minimum atomic E-state index is -0.0844. The normalized spacial score (nSPS) is 19.3. The Hall–Kier alpha value is -1.06. The summed E-state index contributed by atoms with van der Waals surface area (Å²) in [6.45, 7) is 4.90. The average Bonchev–Trinajstić information content (AvgIpc) is 2.38. The monoisotopic (exact) mass is 268 g/mol. The molecule has 2 unspecified atom stereocenters. The zero-order chi connectivity index (χ0) is 12.3. The Morgan fingerprint density at radius 1 is 1.44 bits per heavy atom. The lowest BCUT2D eigenvalue weighted by atomic mass is 9.95. The summed E-state index contributed by atoms with van der Waals surface area (Å²) in [4.78, 5) is 12.0. The summed E-state index contributed by atoms with van der Waals surface area (Å²) in [6, 6.07) is 8.47. The van der Waals surface area contributed by atoms with Crippen LogP contribution in [0.3, 0.4) is 0 Å². The third-order valence-corrected chi connectivity index (χ3v) is 3.40. The average molecular weight is 269 g/mol. The molecule has 1 heterocycles. The molecular weight excluding hydrogens is 248 g/mol. The smallest absolute Gasteiger partial charge is 0.237 e. The minimum absolute atomic E-state index is 0. The highest BCUT2D eigenvalue weighted by Crippen LogP contribution is 2.16. The topological polar surface area (TPSA) is 41.1 Å². The van der Waals surface area contributed by atoms with Crippen molar-refractivity contribution >= 4 is 18.3 Å². The van der Waals surface area contributed by atoms with E-state index >= 15 is 0 Å². The van der Waals surface area contributed by atoms with Crippen LogP contribution in [0, 0.1) is 0 Å². The molecule has 2 rings (SSSR count). The molecule has 2 atom stereocenters. The van der Waals surface area contributed by atoms with Crippen molar-refractivity contribution in [1.82, 2.24) is 10.6 Å². The predicted octanol–water partition coefficient (Wildman–Crippen LogP) is 2.04. The molecule has 0 saturated heterocycles. The number of carbonyl (C=O) groups excluding carboxylic acids is 1. The molecule has 0 bridgehead atoms. The standard InChI is InChI=1S/C14H20N2O.ClH/c1-3-10(2)16-14(17)13-8-11-6-4-5-7-12(11)9-15-13;/h4-7,10,13,15H,3,8-9H2,1-2H3,(H,16,17);1H. The van der Waals surface area contributed by atoms with E-state index in [2.05, 4.69) is 29.7 Å². The van der Waals surface area contributed by atoms with Crippen LogP contribution in [0.4, 0.5) is 0 Å². The second-order valence-corrected chi connectivity index (χ2v) is 4.72. The number of rotatable bonds is 3. The number of carbonyl (C=O) groups is 1. The van der Waals surface area contributed by atoms with Gasteiger partial charge in [-0.3, -0.25) is 4.79 Å². The van der Waals surface area contributed by atoms with Crippen LogP contribution < -0.4 is 10.6 Å². The quantitative estimate of drug-likeness (QED) is 0.881. The molecule has 0 fully saturated rings. The number of benzene rings is 1. The molecule has 0 spiro atoms. The Balaban J connectivity index is 0.00000162. The first-order chi connectivity index (χ1) is 8.20. The Bertz CT molecular complexity index is 409. The van der Waals surface area contributed by atoms with Gasteiger partial charge in [-0.05, 0) is 30.9 Å². The molecule has 0 saturated carbocycles. The zero-order valence-electron chi connectivity index (χ0n) is 10.9. The van der Waals surface area contributed by atoms with E-state index in [-0.39, 0.29) is 30.4 Å². The maximum absolute atomic E-state index is 12.0. The van der Waals surface area contributed by atoms with Crippen LogP contribution in [0.2, 0.25) is 0 Å². The van der Waals surface area contributed by atoms with Crippen molar-refractivity contribution in [3.05, 3.63) is 35.4 Å². The lowest BCUT2D eigenvalue weighted by molar-refractivity contribution is -0.123. The highest BCUT2D eigenvalue weighted by atomic mass is 35.5. The molecule has 1 aliphatic rings. The van der Waals surface area contributed by atoms with Gasteiger partial charge in [0.2, 0.25) is 5.91 Å². The molecular formula is C14H21ClN2O. The summed E-state index contributed by atoms with van der Waals surface area (Å²) < 4.78 is 0. The first-order valence-electron chi connectivity index (χ1n) is 6.31. The van der Waals surface area contributed by atoms with Crippen molar-refractivity contribution in [3.63, 3.8) is 0 Å². The number of nitrogens with one attached hydrogen (secondary N) is 2. The van der Waals surface area contributed by atoms with Crippen LogP contribution in [-0.4, -0.2) is 18.0 Å². The van der Waals surface area contributed by atoms with Crippen LogP contribution in [-0.2, 0) is 17.8 Å². The van der Waals surface area contributed by atoms with Crippen LogP contribution in [0.1, 0.15) is 31.4 Å². The van der Waals surface area contributed by atoms with Crippen molar-refractivity contribution in [2.24, 2.45) is 0 Å². The van der Waals surface area contributed by atoms with E-state index in [0.29, 0.717) is 0 Å². The maximum atomic E-state index is 12.0. The Labute approximate surface area is 115 Å². The van der Waals surface area contributed by atoms with Gasteiger partial charge in [-0.1, -0.05) is 31.2 Å². The van der Waals surface area contributed by atoms with E-state index in [1.165, 1.54) is 11.1 Å². The molecule has 1 amide bonds. The van der Waals surface area contributed by atoms with Gasteiger partial charge in [0.15, 0.2) is 0 Å². The Morgan fingerprint density at radius 3 is 2.78 bits per heavy atom. The highest BCUT2D eigenvalue weighted by molar-refractivity contribution is 5.85. The van der Waals surface area contributed by atoms with Gasteiger partial charge < -0.3 is 10.6 Å². The van der Waals surface area contributed by atoms with Crippen molar-refractivity contribution in [2.75, 3.05) is 0 Å². The van der Waals surface area contributed by atoms with Crippen LogP contribution in [0.25, 0.3) is 0 Å². The first kappa shape index (κ1) is 15.0. The summed E-state index contributed by atoms with van der Waals surface area (Å²) in [5.41, 5.74) is 2.59. The predicted molar refractivity (Wildman–Crippen MR) is 75.9 cm³/mol. The van der Waals surface area contributed by atoms with Gasteiger partial charge >= 0.3 is 0 Å². The fourth-order valence-electron chi connectivity index (χ4n) is 2.09. The zero-order valence-corrected chi connectivity index (χ0v) is 11.7. The van der Waals surface area contributed by atoms with E-state index in [1.54, 1.807) is 0 Å². The Morgan fingerprint density at radius 2 is 2.11 bits per heavy atom. The van der Waals surface area contributed by atoms with Crippen molar-refractivity contribution in [1.29, 1.82) is 0 Å². The summed E-state index contributed by atoms with van der Waals surface area (Å²) in [5, 5.41) is 6.32. The molecule has 1 aromatic carbocycles. The molecule has 3 nitrogen and oxygen atoms in total. The third kappa shape index (κ3) is 3.47. The SMILES string of the molecule is CCC(C)NC(=O)C1Cc2ccccc2CN1.Cl. The van der Waals surface area contributed by atoms with E-state index in [4.69, 9.17) is 0 Å². The minimum Gasteiger partial charge on any atom is -0.352 e. The summed E-state index contributed by atoms with van der Waals surface area (Å²) in [7, 11) is 0. The Kier molecular flexibility index (Phi) is 5.63. The largest absolute Gasteiger partial charge is 0.352 e. The lowest BCUT2D eigenvalue weighted by Crippen LogP contribution is -2.49. The van der Waals surface area contributed by atoms with Gasteiger partial charge in [0, 0.05) is 12.6 Å². The molecule has 4 heteroatoms. The van der Waals surface area contributed by atoms with Crippen LogP contribution in [0.15, 0.2) is 24.3 Å². The molecule has 1 aliphatic heterocycles. The highest BCUT2D eigenvalue weighted by Gasteiger charge is 2.24. The van der Waals surface area contributed by atoms with Crippen LogP contribution in [0.5, 0.6) is 0 Å². The van der Waals surface area contributed by atoms with Gasteiger partial charge in [0.1, 0.15) is 0 Å². The lowest BCUT2D eigenvalue weighted by Gasteiger charge is -2.26. The van der Waals surface area contributed by atoms with Gasteiger partial charge in [0.05, 0.1) is 6.04 Å². The second-order valence-electron chi connectivity index (χ2n) is 4.72. The third-order valence-electron chi connectivity index (χ3n) is 3.40. The van der Waals surface area contributed by atoms with Gasteiger partial charge in [-0.15, -0.1) is 12.4 Å². The fourth-order valence-corrected chi connectivity index (χ4v) is 2.09. The molecule has 2 N–H and O–H groups in total. The molecule has 1 aromatic rings. The maximum Gasteiger partial charge on any atom is 0.237 e. The fraction of sp³-hybridized carbons (Fsp3) is 0.500.